The smallest absolute Gasteiger partial charge is 0.266 e. The van der Waals surface area contributed by atoms with Crippen LogP contribution in [0.15, 0.2) is 59.9 Å². The van der Waals surface area contributed by atoms with Gasteiger partial charge >= 0.3 is 0 Å². The molecule has 0 fully saturated rings. The van der Waals surface area contributed by atoms with E-state index in [0.29, 0.717) is 22.7 Å². The molecular formula is C25H21F2N5O3. The van der Waals surface area contributed by atoms with Crippen molar-refractivity contribution < 1.29 is 18.3 Å². The number of ether oxygens (including phenoxy) is 1. The van der Waals surface area contributed by atoms with Gasteiger partial charge in [0.05, 0.1) is 20.0 Å². The fourth-order valence-electron chi connectivity index (χ4n) is 3.47. The highest BCUT2D eigenvalue weighted by atomic mass is 19.2. The van der Waals surface area contributed by atoms with Gasteiger partial charge in [0.2, 0.25) is 0 Å². The number of hydrogen-bond acceptors (Lipinski definition) is 6. The van der Waals surface area contributed by atoms with E-state index in [-0.39, 0.29) is 18.7 Å². The van der Waals surface area contributed by atoms with Crippen LogP contribution in [0.25, 0.3) is 17.0 Å². The van der Waals surface area contributed by atoms with Crippen molar-refractivity contribution in [1.29, 1.82) is 0 Å². The molecule has 0 bridgehead atoms. The largest absolute Gasteiger partial charge is 0.494 e. The highest BCUT2D eigenvalue weighted by molar-refractivity contribution is 5.93. The Kier molecular flexibility index (Phi) is 6.91. The average molecular weight is 477 g/mol. The number of benzene rings is 2. The number of amides is 1. The molecular weight excluding hydrogens is 456 g/mol. The third-order valence-corrected chi connectivity index (χ3v) is 5.18. The van der Waals surface area contributed by atoms with Crippen LogP contribution in [-0.2, 0) is 6.54 Å². The molecule has 178 valence electrons. The molecule has 4 aromatic rings. The van der Waals surface area contributed by atoms with Crippen molar-refractivity contribution >= 4 is 22.9 Å². The maximum atomic E-state index is 13.5. The van der Waals surface area contributed by atoms with E-state index in [4.69, 9.17) is 4.74 Å². The van der Waals surface area contributed by atoms with E-state index in [0.717, 1.165) is 27.6 Å². The van der Waals surface area contributed by atoms with Crippen molar-refractivity contribution in [2.24, 2.45) is 0 Å². The van der Waals surface area contributed by atoms with E-state index in [2.05, 4.69) is 20.3 Å². The van der Waals surface area contributed by atoms with Crippen LogP contribution in [0.1, 0.15) is 27.3 Å². The molecule has 0 aliphatic heterocycles. The minimum Gasteiger partial charge on any atom is -0.494 e. The Labute approximate surface area is 198 Å². The summed E-state index contributed by atoms with van der Waals surface area (Å²) in [4.78, 5) is 37.8. The molecule has 0 aliphatic carbocycles. The minimum absolute atomic E-state index is 0.0584. The van der Waals surface area contributed by atoms with E-state index < -0.39 is 23.1 Å². The number of carbonyl (C=O) groups is 1. The number of halogens is 2. The zero-order valence-corrected chi connectivity index (χ0v) is 19.0. The van der Waals surface area contributed by atoms with Crippen molar-refractivity contribution in [2.45, 2.75) is 13.5 Å². The molecule has 0 spiro atoms. The summed E-state index contributed by atoms with van der Waals surface area (Å²) in [6.07, 6.45) is 7.64. The first-order valence-corrected chi connectivity index (χ1v) is 10.6. The number of rotatable bonds is 7. The predicted molar refractivity (Wildman–Crippen MR) is 126 cm³/mol. The highest BCUT2D eigenvalue weighted by Crippen LogP contribution is 2.26. The van der Waals surface area contributed by atoms with Gasteiger partial charge in [-0.2, -0.15) is 0 Å². The van der Waals surface area contributed by atoms with Gasteiger partial charge in [0.15, 0.2) is 11.6 Å². The molecule has 0 atom stereocenters. The summed E-state index contributed by atoms with van der Waals surface area (Å²) < 4.78 is 33.2. The number of nitrogens with zero attached hydrogens (tertiary/aromatic N) is 4. The van der Waals surface area contributed by atoms with Gasteiger partial charge in [-0.15, -0.1) is 0 Å². The molecule has 0 radical (unpaired) electrons. The Morgan fingerprint density at radius 1 is 1.17 bits per heavy atom. The average Bonchev–Trinajstić information content (AvgIpc) is 2.85. The lowest BCUT2D eigenvalue weighted by molar-refractivity contribution is 0.0955. The van der Waals surface area contributed by atoms with E-state index in [1.807, 2.05) is 12.1 Å². The molecule has 0 saturated heterocycles. The Balaban J connectivity index is 1.44. The van der Waals surface area contributed by atoms with Gasteiger partial charge < -0.3 is 10.1 Å². The molecule has 8 nitrogen and oxygen atoms in total. The molecule has 1 N–H and O–H groups in total. The second-order valence-electron chi connectivity index (χ2n) is 7.68. The van der Waals surface area contributed by atoms with Crippen LogP contribution < -0.4 is 15.6 Å². The number of hydrogen-bond donors (Lipinski definition) is 1. The fraction of sp³-hybridized carbons (Fsp3) is 0.160. The normalized spacial score (nSPS) is 11.2. The summed E-state index contributed by atoms with van der Waals surface area (Å²) in [7, 11) is 1.56. The topological polar surface area (TPSA) is 99.0 Å². The molecule has 1 amide bonds. The van der Waals surface area contributed by atoms with Crippen LogP contribution in [0.5, 0.6) is 5.75 Å². The summed E-state index contributed by atoms with van der Waals surface area (Å²) in [5, 5.41) is 3.46. The lowest BCUT2D eigenvalue weighted by Gasteiger charge is -2.08. The van der Waals surface area contributed by atoms with Gasteiger partial charge in [-0.25, -0.2) is 23.7 Å². The lowest BCUT2D eigenvalue weighted by atomic mass is 10.1. The summed E-state index contributed by atoms with van der Waals surface area (Å²) in [5.41, 5.74) is 1.14. The number of aryl methyl sites for hydroxylation is 1. The molecule has 2 aromatic carbocycles. The van der Waals surface area contributed by atoms with E-state index in [1.54, 1.807) is 32.4 Å². The first-order valence-electron chi connectivity index (χ1n) is 10.6. The van der Waals surface area contributed by atoms with E-state index in [1.165, 1.54) is 18.6 Å². The lowest BCUT2D eigenvalue weighted by Crippen LogP contribution is -2.33. The van der Waals surface area contributed by atoms with Gasteiger partial charge in [0, 0.05) is 24.3 Å². The number of nitrogens with one attached hydrogen (secondary N) is 1. The number of aromatic nitrogens is 4. The van der Waals surface area contributed by atoms with E-state index >= 15 is 0 Å². The Morgan fingerprint density at radius 3 is 2.77 bits per heavy atom. The van der Waals surface area contributed by atoms with Crippen molar-refractivity contribution in [2.75, 3.05) is 13.7 Å². The van der Waals surface area contributed by atoms with Gasteiger partial charge in [-0.3, -0.25) is 14.2 Å². The van der Waals surface area contributed by atoms with Crippen LogP contribution >= 0.6 is 0 Å². The minimum atomic E-state index is -1.02. The first-order chi connectivity index (χ1) is 16.9. The molecule has 10 heteroatoms. The van der Waals surface area contributed by atoms with Crippen LogP contribution in [0.2, 0.25) is 0 Å². The monoisotopic (exact) mass is 477 g/mol. The maximum absolute atomic E-state index is 13.5. The highest BCUT2D eigenvalue weighted by Gasteiger charge is 2.13. The fourth-order valence-corrected chi connectivity index (χ4v) is 3.47. The van der Waals surface area contributed by atoms with Crippen molar-refractivity contribution in [3.05, 3.63) is 99.6 Å². The van der Waals surface area contributed by atoms with Crippen LogP contribution in [0.3, 0.4) is 0 Å². The van der Waals surface area contributed by atoms with Crippen molar-refractivity contribution in [1.82, 2.24) is 24.8 Å². The zero-order chi connectivity index (χ0) is 24.9. The summed E-state index contributed by atoms with van der Waals surface area (Å²) in [6.45, 7) is 1.90. The summed E-state index contributed by atoms with van der Waals surface area (Å²) >= 11 is 0. The first kappa shape index (κ1) is 23.7. The number of carbonyl (C=O) groups excluding carboxylic acids is 1. The molecule has 2 heterocycles. The van der Waals surface area contributed by atoms with Gasteiger partial charge in [-0.05, 0) is 42.3 Å². The number of fused-ring (bicyclic) bond motifs is 1. The SMILES string of the molecule is COc1cc(/C=C/CNC(=O)c2cncn(Cc3ccc(F)c(F)c3)c2=O)cc2cnc(C)nc12. The standard InChI is InChI=1S/C25H21F2N5O3/c1-15-30-11-18-8-16(10-22(35-2)23(18)31-15)4-3-7-29-24(33)19-12-28-14-32(25(19)34)13-17-5-6-20(26)21(27)9-17/h3-6,8-12,14H,7,13H2,1-2H3,(H,29,33)/b4-3+. The van der Waals surface area contributed by atoms with E-state index in [9.17, 15) is 18.4 Å². The van der Waals surface area contributed by atoms with Gasteiger partial charge in [0.25, 0.3) is 11.5 Å². The Bertz CT molecular complexity index is 1500. The second kappa shape index (κ2) is 10.2. The molecule has 35 heavy (non-hydrogen) atoms. The third kappa shape index (κ3) is 5.37. The van der Waals surface area contributed by atoms with Crippen molar-refractivity contribution in [3.8, 4) is 5.75 Å². The summed E-state index contributed by atoms with van der Waals surface area (Å²) in [5.74, 6) is -1.36. The Morgan fingerprint density at radius 2 is 2.00 bits per heavy atom. The molecule has 4 rings (SSSR count). The van der Waals surface area contributed by atoms with Gasteiger partial charge in [-0.1, -0.05) is 18.2 Å². The molecule has 2 aromatic heterocycles. The quantitative estimate of drug-likeness (QED) is 0.439. The maximum Gasteiger partial charge on any atom is 0.266 e. The van der Waals surface area contributed by atoms with Crippen LogP contribution in [0, 0.1) is 18.6 Å². The molecule has 0 saturated carbocycles. The predicted octanol–water partition coefficient (Wildman–Crippen LogP) is 3.27. The Hall–Kier alpha value is -4.47. The van der Waals surface area contributed by atoms with Crippen LogP contribution in [0.4, 0.5) is 8.78 Å². The zero-order valence-electron chi connectivity index (χ0n) is 19.0. The molecule has 0 aliphatic rings. The van der Waals surface area contributed by atoms with Gasteiger partial charge in [0.1, 0.15) is 22.7 Å². The van der Waals surface area contributed by atoms with Crippen LogP contribution in [-0.4, -0.2) is 39.1 Å². The number of methoxy groups -OCH3 is 1. The second-order valence-corrected chi connectivity index (χ2v) is 7.68. The third-order valence-electron chi connectivity index (χ3n) is 5.18. The van der Waals surface area contributed by atoms with Crippen molar-refractivity contribution in [3.63, 3.8) is 0 Å². The summed E-state index contributed by atoms with van der Waals surface area (Å²) in [6, 6.07) is 7.05. The molecule has 0 unspecified atom stereocenters.